The summed E-state index contributed by atoms with van der Waals surface area (Å²) in [6.07, 6.45) is 2.41. The molecular weight excluding hydrogens is 406 g/mol. The Balaban J connectivity index is 1.29. The van der Waals surface area contributed by atoms with Gasteiger partial charge in [0, 0.05) is 18.1 Å². The van der Waals surface area contributed by atoms with Crippen LogP contribution in [-0.2, 0) is 6.61 Å². The second-order valence-electron chi connectivity index (χ2n) is 7.38. The lowest BCUT2D eigenvalue weighted by Gasteiger charge is -2.12. The van der Waals surface area contributed by atoms with Gasteiger partial charge in [-0.1, -0.05) is 35.5 Å². The molecule has 1 N–H and O–H groups in total. The van der Waals surface area contributed by atoms with Gasteiger partial charge in [0.05, 0.1) is 23.4 Å². The number of aromatic nitrogens is 2. The van der Waals surface area contributed by atoms with E-state index < -0.39 is 0 Å². The fourth-order valence-electron chi connectivity index (χ4n) is 3.38. The van der Waals surface area contributed by atoms with Crippen molar-refractivity contribution >= 4 is 16.8 Å². The molecule has 0 saturated carbocycles. The average molecular weight is 431 g/mol. The van der Waals surface area contributed by atoms with Crippen LogP contribution in [0.2, 0.25) is 0 Å². The SMILES string of the molecule is Cc1noc(C)c1COc1ccccc1C(=O)NCCCOc1cccc2cccnc12. The van der Waals surface area contributed by atoms with Crippen molar-refractivity contribution in [2.45, 2.75) is 26.9 Å². The van der Waals surface area contributed by atoms with Gasteiger partial charge in [0.25, 0.3) is 5.91 Å². The number of carbonyl (C=O) groups is 1. The van der Waals surface area contributed by atoms with E-state index in [-0.39, 0.29) is 5.91 Å². The average Bonchev–Trinajstić information content (AvgIpc) is 3.14. The second kappa shape index (κ2) is 9.96. The molecular formula is C25H25N3O4. The highest BCUT2D eigenvalue weighted by Crippen LogP contribution is 2.23. The molecule has 0 unspecified atom stereocenters. The molecule has 32 heavy (non-hydrogen) atoms. The summed E-state index contributed by atoms with van der Waals surface area (Å²) in [4.78, 5) is 17.1. The molecule has 0 saturated heterocycles. The van der Waals surface area contributed by atoms with Gasteiger partial charge in [-0.15, -0.1) is 0 Å². The third-order valence-electron chi connectivity index (χ3n) is 5.14. The van der Waals surface area contributed by atoms with Gasteiger partial charge in [-0.3, -0.25) is 9.78 Å². The zero-order chi connectivity index (χ0) is 22.3. The lowest BCUT2D eigenvalue weighted by molar-refractivity contribution is 0.0947. The minimum atomic E-state index is -0.189. The number of aryl methyl sites for hydroxylation is 2. The van der Waals surface area contributed by atoms with E-state index >= 15 is 0 Å². The summed E-state index contributed by atoms with van der Waals surface area (Å²) in [5.74, 6) is 1.78. The summed E-state index contributed by atoms with van der Waals surface area (Å²) in [5, 5.41) is 7.90. The molecule has 0 atom stereocenters. The van der Waals surface area contributed by atoms with Gasteiger partial charge >= 0.3 is 0 Å². The Morgan fingerprint density at radius 2 is 1.81 bits per heavy atom. The highest BCUT2D eigenvalue weighted by Gasteiger charge is 2.14. The molecule has 164 valence electrons. The highest BCUT2D eigenvalue weighted by atomic mass is 16.5. The van der Waals surface area contributed by atoms with E-state index in [0.29, 0.717) is 43.3 Å². The third-order valence-corrected chi connectivity index (χ3v) is 5.14. The molecule has 7 nitrogen and oxygen atoms in total. The molecule has 4 rings (SSSR count). The predicted molar refractivity (Wildman–Crippen MR) is 121 cm³/mol. The molecule has 0 radical (unpaired) electrons. The van der Waals surface area contributed by atoms with Crippen molar-refractivity contribution in [2.24, 2.45) is 0 Å². The molecule has 2 aromatic heterocycles. The maximum atomic E-state index is 12.7. The summed E-state index contributed by atoms with van der Waals surface area (Å²) in [7, 11) is 0. The van der Waals surface area contributed by atoms with Crippen LogP contribution in [0.5, 0.6) is 11.5 Å². The molecule has 7 heteroatoms. The first-order valence-electron chi connectivity index (χ1n) is 10.5. The van der Waals surface area contributed by atoms with E-state index in [1.807, 2.05) is 56.3 Å². The fraction of sp³-hybridized carbons (Fsp3) is 0.240. The molecule has 2 heterocycles. The zero-order valence-electron chi connectivity index (χ0n) is 18.1. The van der Waals surface area contributed by atoms with Crippen molar-refractivity contribution in [3.05, 3.63) is 83.4 Å². The third kappa shape index (κ3) is 4.88. The van der Waals surface area contributed by atoms with Crippen molar-refractivity contribution in [3.63, 3.8) is 0 Å². The lowest BCUT2D eigenvalue weighted by Crippen LogP contribution is -2.26. The van der Waals surface area contributed by atoms with Gasteiger partial charge in [0.15, 0.2) is 0 Å². The van der Waals surface area contributed by atoms with Crippen LogP contribution in [0.25, 0.3) is 10.9 Å². The van der Waals surface area contributed by atoms with Gasteiger partial charge in [-0.2, -0.15) is 0 Å². The molecule has 2 aromatic carbocycles. The molecule has 4 aromatic rings. The molecule has 0 aliphatic heterocycles. The van der Waals surface area contributed by atoms with Crippen molar-refractivity contribution in [1.82, 2.24) is 15.5 Å². The monoisotopic (exact) mass is 431 g/mol. The van der Waals surface area contributed by atoms with Crippen molar-refractivity contribution in [2.75, 3.05) is 13.2 Å². The van der Waals surface area contributed by atoms with Crippen molar-refractivity contribution < 1.29 is 18.8 Å². The number of pyridine rings is 1. The van der Waals surface area contributed by atoms with Crippen LogP contribution in [-0.4, -0.2) is 29.2 Å². The minimum Gasteiger partial charge on any atom is -0.491 e. The Morgan fingerprint density at radius 1 is 1.00 bits per heavy atom. The van der Waals surface area contributed by atoms with E-state index in [2.05, 4.69) is 15.5 Å². The standard InChI is InChI=1S/C25H25N3O4/c1-17-21(18(2)32-28-17)16-31-22-11-4-3-10-20(22)25(29)27-14-7-15-30-23-12-5-8-19-9-6-13-26-24(19)23/h3-6,8-13H,7,14-16H2,1-2H3,(H,27,29). The largest absolute Gasteiger partial charge is 0.491 e. The molecule has 0 spiro atoms. The number of carbonyl (C=O) groups excluding carboxylic acids is 1. The Kier molecular flexibility index (Phi) is 6.65. The first-order chi connectivity index (χ1) is 15.6. The smallest absolute Gasteiger partial charge is 0.255 e. The Labute approximate surface area is 186 Å². The van der Waals surface area contributed by atoms with Crippen LogP contribution >= 0.6 is 0 Å². The molecule has 0 aliphatic carbocycles. The summed E-state index contributed by atoms with van der Waals surface area (Å²) in [5.41, 5.74) is 2.99. The summed E-state index contributed by atoms with van der Waals surface area (Å²) in [6, 6.07) is 16.9. The van der Waals surface area contributed by atoms with Crippen LogP contribution in [0, 0.1) is 13.8 Å². The van der Waals surface area contributed by atoms with E-state index in [0.717, 1.165) is 27.9 Å². The maximum Gasteiger partial charge on any atom is 0.255 e. The van der Waals surface area contributed by atoms with E-state index in [1.165, 1.54) is 0 Å². The molecule has 0 aliphatic rings. The number of benzene rings is 2. The molecule has 0 fully saturated rings. The van der Waals surface area contributed by atoms with E-state index in [1.54, 1.807) is 18.3 Å². The number of nitrogens with zero attached hydrogens (tertiary/aromatic N) is 2. The van der Waals surface area contributed by atoms with E-state index in [9.17, 15) is 4.79 Å². The zero-order valence-corrected chi connectivity index (χ0v) is 18.1. The minimum absolute atomic E-state index is 0.189. The first-order valence-corrected chi connectivity index (χ1v) is 10.5. The quantitative estimate of drug-likeness (QED) is 0.389. The van der Waals surface area contributed by atoms with Gasteiger partial charge < -0.3 is 19.3 Å². The lowest BCUT2D eigenvalue weighted by atomic mass is 10.1. The van der Waals surface area contributed by atoms with Gasteiger partial charge in [-0.25, -0.2) is 0 Å². The molecule has 0 bridgehead atoms. The normalized spacial score (nSPS) is 10.8. The molecule has 1 amide bonds. The first kappa shape index (κ1) is 21.4. The van der Waals surface area contributed by atoms with Gasteiger partial charge in [-0.05, 0) is 44.5 Å². The topological polar surface area (TPSA) is 86.5 Å². The number of para-hydroxylation sites is 2. The number of hydrogen-bond acceptors (Lipinski definition) is 6. The van der Waals surface area contributed by atoms with Gasteiger partial charge in [0.1, 0.15) is 29.4 Å². The Bertz CT molecular complexity index is 1190. The Hall–Kier alpha value is -3.87. The van der Waals surface area contributed by atoms with Gasteiger partial charge in [0.2, 0.25) is 0 Å². The number of hydrogen-bond donors (Lipinski definition) is 1. The summed E-state index contributed by atoms with van der Waals surface area (Å²) in [6.45, 7) is 4.95. The van der Waals surface area contributed by atoms with Crippen molar-refractivity contribution in [1.29, 1.82) is 0 Å². The van der Waals surface area contributed by atoms with E-state index in [4.69, 9.17) is 14.0 Å². The number of rotatable bonds is 9. The summed E-state index contributed by atoms with van der Waals surface area (Å²) < 4.78 is 16.9. The Morgan fingerprint density at radius 3 is 2.66 bits per heavy atom. The highest BCUT2D eigenvalue weighted by molar-refractivity contribution is 5.96. The predicted octanol–water partition coefficient (Wildman–Crippen LogP) is 4.62. The van der Waals surface area contributed by atoms with Crippen LogP contribution < -0.4 is 14.8 Å². The van der Waals surface area contributed by atoms with Crippen LogP contribution in [0.15, 0.2) is 65.3 Å². The number of ether oxygens (including phenoxy) is 2. The number of fused-ring (bicyclic) bond motifs is 1. The maximum absolute atomic E-state index is 12.7. The van der Waals surface area contributed by atoms with Crippen LogP contribution in [0.3, 0.4) is 0 Å². The van der Waals surface area contributed by atoms with Crippen molar-refractivity contribution in [3.8, 4) is 11.5 Å². The van der Waals surface area contributed by atoms with Crippen LogP contribution in [0.4, 0.5) is 0 Å². The van der Waals surface area contributed by atoms with Crippen LogP contribution in [0.1, 0.15) is 33.8 Å². The fourth-order valence-corrected chi connectivity index (χ4v) is 3.38. The second-order valence-corrected chi connectivity index (χ2v) is 7.38. The number of nitrogens with one attached hydrogen (secondary N) is 1. The number of amides is 1. The summed E-state index contributed by atoms with van der Waals surface area (Å²) >= 11 is 0.